The standard InChI is InChI=1S/C18H24F2N4O2S/c1-11(21)8-23(22)9-14-10-24(18(25)26-14)13-6-15(19)17(16(20)7-13)12-2-4-27-5-3-12/h6-8,12,14H,2-5,9-10,21-22H2,1H3/b11-8-. The predicted molar refractivity (Wildman–Crippen MR) is 102 cm³/mol. The normalized spacial score (nSPS) is 21.5. The van der Waals surface area contributed by atoms with E-state index in [1.807, 2.05) is 0 Å². The number of allylic oxidation sites excluding steroid dienone is 1. The van der Waals surface area contributed by atoms with Crippen molar-refractivity contribution < 1.29 is 18.3 Å². The Labute approximate surface area is 161 Å². The summed E-state index contributed by atoms with van der Waals surface area (Å²) in [6.45, 7) is 2.06. The van der Waals surface area contributed by atoms with Crippen LogP contribution in [0.2, 0.25) is 0 Å². The van der Waals surface area contributed by atoms with Gasteiger partial charge in [0.1, 0.15) is 17.7 Å². The van der Waals surface area contributed by atoms with Crippen molar-refractivity contribution in [1.82, 2.24) is 5.01 Å². The molecule has 0 radical (unpaired) electrons. The van der Waals surface area contributed by atoms with Gasteiger partial charge in [-0.15, -0.1) is 0 Å². The lowest BCUT2D eigenvalue weighted by Gasteiger charge is -2.24. The second-order valence-corrected chi connectivity index (χ2v) is 8.12. The van der Waals surface area contributed by atoms with Crippen molar-refractivity contribution >= 4 is 23.5 Å². The van der Waals surface area contributed by atoms with Gasteiger partial charge in [-0.1, -0.05) is 0 Å². The summed E-state index contributed by atoms with van der Waals surface area (Å²) in [5, 5.41) is 1.32. The fourth-order valence-corrected chi connectivity index (χ4v) is 4.59. The van der Waals surface area contributed by atoms with E-state index in [0.717, 1.165) is 24.3 Å². The summed E-state index contributed by atoms with van der Waals surface area (Å²) < 4.78 is 34.6. The predicted octanol–water partition coefficient (Wildman–Crippen LogP) is 2.90. The highest BCUT2D eigenvalue weighted by atomic mass is 32.2. The maximum Gasteiger partial charge on any atom is 0.414 e. The van der Waals surface area contributed by atoms with Crippen molar-refractivity contribution in [2.24, 2.45) is 11.6 Å². The minimum atomic E-state index is -0.650. The van der Waals surface area contributed by atoms with Gasteiger partial charge in [-0.3, -0.25) is 4.90 Å². The molecule has 1 aromatic carbocycles. The first kappa shape index (κ1) is 19.8. The van der Waals surface area contributed by atoms with E-state index in [2.05, 4.69) is 0 Å². The number of hydrogen-bond acceptors (Lipinski definition) is 6. The molecule has 0 aromatic heterocycles. The van der Waals surface area contributed by atoms with Crippen LogP contribution in [0.1, 0.15) is 31.2 Å². The topological polar surface area (TPSA) is 84.8 Å². The van der Waals surface area contributed by atoms with Gasteiger partial charge in [0.15, 0.2) is 0 Å². The SMILES string of the molecule is C/C(N)=C/N(N)CC1CN(c2cc(F)c(C3CCSCC3)c(F)c2)C(=O)O1. The van der Waals surface area contributed by atoms with E-state index in [4.69, 9.17) is 16.3 Å². The van der Waals surface area contributed by atoms with Gasteiger partial charge < -0.3 is 15.5 Å². The number of nitrogens with two attached hydrogens (primary N) is 2. The number of hydrogen-bond donors (Lipinski definition) is 2. The van der Waals surface area contributed by atoms with Crippen LogP contribution in [0.15, 0.2) is 24.0 Å². The largest absolute Gasteiger partial charge is 0.442 e. The molecule has 2 aliphatic heterocycles. The number of thioether (sulfide) groups is 1. The van der Waals surface area contributed by atoms with E-state index in [9.17, 15) is 13.6 Å². The third kappa shape index (κ3) is 4.65. The first-order valence-corrected chi connectivity index (χ1v) is 10.0. The zero-order valence-corrected chi connectivity index (χ0v) is 16.0. The number of anilines is 1. The number of amides is 1. The monoisotopic (exact) mass is 398 g/mol. The first-order chi connectivity index (χ1) is 12.8. The lowest BCUT2D eigenvalue weighted by atomic mass is 9.92. The number of ether oxygens (including phenoxy) is 1. The van der Waals surface area contributed by atoms with Crippen LogP contribution in [0.3, 0.4) is 0 Å². The fourth-order valence-electron chi connectivity index (χ4n) is 3.48. The van der Waals surface area contributed by atoms with E-state index in [0.29, 0.717) is 5.70 Å². The maximum atomic E-state index is 14.7. The summed E-state index contributed by atoms with van der Waals surface area (Å²) >= 11 is 1.80. The molecule has 27 heavy (non-hydrogen) atoms. The molecule has 0 bridgehead atoms. The number of halogens is 2. The van der Waals surface area contributed by atoms with Crippen molar-refractivity contribution in [3.63, 3.8) is 0 Å². The van der Waals surface area contributed by atoms with E-state index in [1.165, 1.54) is 28.2 Å². The van der Waals surface area contributed by atoms with Crippen LogP contribution in [0, 0.1) is 11.6 Å². The molecule has 4 N–H and O–H groups in total. The summed E-state index contributed by atoms with van der Waals surface area (Å²) in [6.07, 6.45) is 1.85. The Balaban J connectivity index is 1.74. The Morgan fingerprint density at radius 3 is 2.59 bits per heavy atom. The minimum absolute atomic E-state index is 0.115. The van der Waals surface area contributed by atoms with Crippen LogP contribution in [-0.4, -0.2) is 41.8 Å². The molecule has 2 aliphatic rings. The van der Waals surface area contributed by atoms with Crippen LogP contribution in [0.5, 0.6) is 0 Å². The number of carbonyl (C=O) groups excluding carboxylic acids is 1. The third-order valence-corrected chi connectivity index (χ3v) is 5.71. The van der Waals surface area contributed by atoms with Gasteiger partial charge in [-0.2, -0.15) is 11.8 Å². The van der Waals surface area contributed by atoms with Gasteiger partial charge in [0.25, 0.3) is 0 Å². The molecular formula is C18H24F2N4O2S. The molecule has 1 atom stereocenters. The van der Waals surface area contributed by atoms with Gasteiger partial charge in [0.05, 0.1) is 18.8 Å². The molecule has 6 nitrogen and oxygen atoms in total. The Morgan fingerprint density at radius 2 is 2.00 bits per heavy atom. The van der Waals surface area contributed by atoms with Gasteiger partial charge in [0.2, 0.25) is 0 Å². The zero-order chi connectivity index (χ0) is 19.6. The minimum Gasteiger partial charge on any atom is -0.442 e. The Kier molecular flexibility index (Phi) is 6.11. The Morgan fingerprint density at radius 1 is 1.37 bits per heavy atom. The number of hydrazine groups is 1. The van der Waals surface area contributed by atoms with E-state index >= 15 is 0 Å². The molecule has 0 aliphatic carbocycles. The highest BCUT2D eigenvalue weighted by Gasteiger charge is 2.34. The summed E-state index contributed by atoms with van der Waals surface area (Å²) in [5.74, 6) is 6.24. The number of carbonyl (C=O) groups is 1. The molecule has 2 fully saturated rings. The molecule has 0 saturated carbocycles. The van der Waals surface area contributed by atoms with Crippen LogP contribution < -0.4 is 16.5 Å². The molecule has 3 rings (SSSR count). The van der Waals surface area contributed by atoms with Crippen molar-refractivity contribution in [2.45, 2.75) is 31.8 Å². The lowest BCUT2D eigenvalue weighted by Crippen LogP contribution is -2.36. The molecule has 1 aromatic rings. The Hall–Kier alpha value is -2.00. The van der Waals surface area contributed by atoms with Gasteiger partial charge in [-0.05, 0) is 49.3 Å². The highest BCUT2D eigenvalue weighted by Crippen LogP contribution is 2.36. The van der Waals surface area contributed by atoms with Crippen molar-refractivity contribution in [3.05, 3.63) is 41.2 Å². The average molecular weight is 398 g/mol. The average Bonchev–Trinajstić information content (AvgIpc) is 2.94. The zero-order valence-electron chi connectivity index (χ0n) is 15.2. The summed E-state index contributed by atoms with van der Waals surface area (Å²) in [7, 11) is 0. The van der Waals surface area contributed by atoms with Gasteiger partial charge >= 0.3 is 6.09 Å². The molecule has 1 unspecified atom stereocenters. The molecular weight excluding hydrogens is 374 g/mol. The molecule has 148 valence electrons. The van der Waals surface area contributed by atoms with Crippen LogP contribution in [0.4, 0.5) is 19.3 Å². The van der Waals surface area contributed by atoms with Gasteiger partial charge in [-0.25, -0.2) is 19.4 Å². The van der Waals surface area contributed by atoms with Crippen molar-refractivity contribution in [3.8, 4) is 0 Å². The van der Waals surface area contributed by atoms with Crippen molar-refractivity contribution in [2.75, 3.05) is 29.5 Å². The van der Waals surface area contributed by atoms with E-state index in [1.54, 1.807) is 18.7 Å². The number of benzene rings is 1. The quantitative estimate of drug-likeness (QED) is 0.586. The Bertz CT molecular complexity index is 713. The number of cyclic esters (lactones) is 1. The maximum absolute atomic E-state index is 14.7. The van der Waals surface area contributed by atoms with E-state index in [-0.39, 0.29) is 30.3 Å². The fraction of sp³-hybridized carbons (Fsp3) is 0.500. The molecule has 2 heterocycles. The van der Waals surface area contributed by atoms with Crippen molar-refractivity contribution in [1.29, 1.82) is 0 Å². The van der Waals surface area contributed by atoms with Gasteiger partial charge in [0, 0.05) is 17.5 Å². The molecule has 1 amide bonds. The van der Waals surface area contributed by atoms with Crippen LogP contribution in [0.25, 0.3) is 0 Å². The lowest BCUT2D eigenvalue weighted by molar-refractivity contribution is 0.122. The smallest absolute Gasteiger partial charge is 0.414 e. The second-order valence-electron chi connectivity index (χ2n) is 6.90. The van der Waals surface area contributed by atoms with Crippen LogP contribution in [-0.2, 0) is 4.74 Å². The van der Waals surface area contributed by atoms with E-state index < -0.39 is 23.8 Å². The number of nitrogens with zero attached hydrogens (tertiary/aromatic N) is 2. The van der Waals surface area contributed by atoms with Crippen LogP contribution >= 0.6 is 11.8 Å². The summed E-state index contributed by atoms with van der Waals surface area (Å²) in [4.78, 5) is 13.4. The molecule has 9 heteroatoms. The molecule has 0 spiro atoms. The first-order valence-electron chi connectivity index (χ1n) is 8.85. The third-order valence-electron chi connectivity index (χ3n) is 4.66. The highest BCUT2D eigenvalue weighted by molar-refractivity contribution is 7.99. The summed E-state index contributed by atoms with van der Waals surface area (Å²) in [6, 6.07) is 2.43. The second kappa shape index (κ2) is 8.35. The summed E-state index contributed by atoms with van der Waals surface area (Å²) in [5.41, 5.74) is 6.35. The molecule has 2 saturated heterocycles. The number of rotatable bonds is 5.